The number of aromatic nitrogens is 12. The minimum atomic E-state index is -1.52. The van der Waals surface area contributed by atoms with Crippen molar-refractivity contribution in [3.05, 3.63) is 187 Å². The Morgan fingerprint density at radius 2 is 1.06 bits per heavy atom. The lowest BCUT2D eigenvalue weighted by Gasteiger charge is -2.46. The fraction of sp³-hybridized carbons (Fsp3) is 0.355. The van der Waals surface area contributed by atoms with Gasteiger partial charge in [-0.3, -0.25) is 9.59 Å². The Morgan fingerprint density at radius 1 is 0.596 bits per heavy atom. The third-order valence-electron chi connectivity index (χ3n) is 14.8. The van der Waals surface area contributed by atoms with Gasteiger partial charge in [-0.15, -0.1) is 13.2 Å². The fourth-order valence-corrected chi connectivity index (χ4v) is 11.0. The molecule has 2 aliphatic heterocycles. The number of rotatable bonds is 13. The maximum atomic E-state index is 14.5. The van der Waals surface area contributed by atoms with Crippen LogP contribution in [0.2, 0.25) is 0 Å². The van der Waals surface area contributed by atoms with Crippen molar-refractivity contribution in [2.45, 2.75) is 102 Å². The first-order chi connectivity index (χ1) is 42.0. The van der Waals surface area contributed by atoms with E-state index in [1.807, 2.05) is 18.4 Å². The highest BCUT2D eigenvalue weighted by molar-refractivity contribution is 9.10. The standard InChI is InChI=1S/C32H39FN8O2.C17H18FN5O2S.C8H9BrFNO.C5H3BrFN/c1-5-16-40-29(42)24-21-34-30(37-28(24)41(40)26-11-10-25(33)27(36-26)31(2,3)43)35-22-6-8-23(9-7-22)39-19-14-32(15-20-39)12-17-38(4)18-13-32;1-5-8-22-15(24)10-9-19-16(26-4)21-14(10)23(22)12-7-6-11(18)13(20-12)17(2,3)25;1-8(2,12)7-5(10)3-4-6(9)11-7;6-5-2-1-4(7)3-8-5/h5-11,21,43H,1,12-20H2,2-4H3,(H,34,35,37);5-7,9,25H,1,8H2,2-4H3;3-4,12H,1-2H3;1-3H. The molecular formula is C62H69Br2F4N15O5S. The van der Waals surface area contributed by atoms with Crippen molar-refractivity contribution < 1.29 is 32.9 Å². The zero-order valence-electron chi connectivity index (χ0n) is 50.4. The number of hydrogen-bond acceptors (Lipinski definition) is 17. The monoisotopic (exact) mass is 1370 g/mol. The average Bonchev–Trinajstić information content (AvgIpc) is 1.67. The molecule has 8 aromatic heterocycles. The van der Waals surface area contributed by atoms with Crippen LogP contribution in [-0.2, 0) is 29.9 Å². The van der Waals surface area contributed by atoms with Gasteiger partial charge in [-0.25, -0.2) is 71.2 Å². The predicted octanol–water partition coefficient (Wildman–Crippen LogP) is 11.0. The summed E-state index contributed by atoms with van der Waals surface area (Å²) >= 11 is 7.51. The molecule has 27 heteroatoms. The van der Waals surface area contributed by atoms with Crippen LogP contribution in [0.4, 0.5) is 34.9 Å². The van der Waals surface area contributed by atoms with Crippen LogP contribution < -0.4 is 21.3 Å². The number of pyridine rings is 4. The van der Waals surface area contributed by atoms with Gasteiger partial charge >= 0.3 is 0 Å². The zero-order chi connectivity index (χ0) is 64.8. The number of piperidine rings is 2. The van der Waals surface area contributed by atoms with Gasteiger partial charge in [0.1, 0.15) is 77.1 Å². The molecule has 89 heavy (non-hydrogen) atoms. The Morgan fingerprint density at radius 3 is 1.51 bits per heavy atom. The lowest BCUT2D eigenvalue weighted by atomic mass is 9.71. The van der Waals surface area contributed by atoms with E-state index in [2.05, 4.69) is 119 Å². The van der Waals surface area contributed by atoms with Gasteiger partial charge in [0, 0.05) is 36.9 Å². The van der Waals surface area contributed by atoms with E-state index in [0.717, 1.165) is 25.0 Å². The summed E-state index contributed by atoms with van der Waals surface area (Å²) in [4.78, 5) is 64.6. The molecule has 0 saturated carbocycles. The number of nitrogens with zero attached hydrogens (tertiary/aromatic N) is 14. The largest absolute Gasteiger partial charge is 0.384 e. The van der Waals surface area contributed by atoms with E-state index >= 15 is 0 Å². The lowest BCUT2D eigenvalue weighted by molar-refractivity contribution is 0.0687. The van der Waals surface area contributed by atoms with E-state index in [-0.39, 0.29) is 64.1 Å². The van der Waals surface area contributed by atoms with Gasteiger partial charge in [0.25, 0.3) is 11.1 Å². The summed E-state index contributed by atoms with van der Waals surface area (Å²) in [5.74, 6) is -1.27. The number of benzene rings is 1. The van der Waals surface area contributed by atoms with Crippen LogP contribution in [0.25, 0.3) is 33.7 Å². The van der Waals surface area contributed by atoms with Crippen molar-refractivity contribution in [3.8, 4) is 11.6 Å². The van der Waals surface area contributed by atoms with Gasteiger partial charge in [-0.1, -0.05) is 23.9 Å². The van der Waals surface area contributed by atoms with Crippen LogP contribution in [0.1, 0.15) is 84.3 Å². The van der Waals surface area contributed by atoms with Gasteiger partial charge in [-0.2, -0.15) is 4.98 Å². The molecule has 0 unspecified atom stereocenters. The van der Waals surface area contributed by atoms with Crippen molar-refractivity contribution in [1.29, 1.82) is 0 Å². The van der Waals surface area contributed by atoms with Crippen LogP contribution in [0.3, 0.4) is 0 Å². The second-order valence-electron chi connectivity index (χ2n) is 22.9. The fourth-order valence-electron chi connectivity index (χ4n) is 10.1. The number of likely N-dealkylation sites (tertiary alicyclic amines) is 1. The van der Waals surface area contributed by atoms with Crippen molar-refractivity contribution in [3.63, 3.8) is 0 Å². The first-order valence-corrected chi connectivity index (χ1v) is 31.0. The highest BCUT2D eigenvalue weighted by atomic mass is 79.9. The van der Waals surface area contributed by atoms with Crippen LogP contribution in [0.5, 0.6) is 0 Å². The summed E-state index contributed by atoms with van der Waals surface area (Å²) in [6.45, 7) is 21.2. The van der Waals surface area contributed by atoms with E-state index in [0.29, 0.717) is 42.4 Å². The number of halogens is 6. The van der Waals surface area contributed by atoms with Gasteiger partial charge in [0.05, 0.1) is 19.3 Å². The molecular weight excluding hydrogens is 1300 g/mol. The van der Waals surface area contributed by atoms with E-state index in [4.69, 9.17) is 0 Å². The molecule has 4 N–H and O–H groups in total. The molecule has 0 bridgehead atoms. The summed E-state index contributed by atoms with van der Waals surface area (Å²) in [5.41, 5.74) is -1.89. The molecule has 0 radical (unpaired) electrons. The summed E-state index contributed by atoms with van der Waals surface area (Å²) in [6, 6.07) is 19.2. The average molecular weight is 1370 g/mol. The van der Waals surface area contributed by atoms with Crippen LogP contribution in [-0.4, -0.2) is 118 Å². The maximum absolute atomic E-state index is 14.5. The van der Waals surface area contributed by atoms with E-state index in [1.54, 1.807) is 18.2 Å². The highest BCUT2D eigenvalue weighted by Gasteiger charge is 2.37. The number of anilines is 3. The normalized spacial score (nSPS) is 14.3. The Kier molecular flexibility index (Phi) is 21.3. The van der Waals surface area contributed by atoms with Crippen molar-refractivity contribution >= 4 is 83.0 Å². The molecule has 20 nitrogen and oxygen atoms in total. The molecule has 11 rings (SSSR count). The van der Waals surface area contributed by atoms with Gasteiger partial charge in [-0.05, 0) is 204 Å². The van der Waals surface area contributed by atoms with Gasteiger partial charge in [0.2, 0.25) is 5.95 Å². The molecule has 2 aliphatic rings. The number of thioether (sulfide) groups is 1. The Balaban J connectivity index is 0.000000186. The van der Waals surface area contributed by atoms with Crippen molar-refractivity contribution in [2.75, 3.05) is 49.7 Å². The summed E-state index contributed by atoms with van der Waals surface area (Å²) in [7, 11) is 2.22. The Labute approximate surface area is 532 Å². The van der Waals surface area contributed by atoms with Gasteiger partial charge in [0.15, 0.2) is 28.1 Å². The molecule has 0 atom stereocenters. The number of hydrogen-bond donors (Lipinski definition) is 4. The smallest absolute Gasteiger partial charge is 0.278 e. The molecule has 10 heterocycles. The van der Waals surface area contributed by atoms with Crippen molar-refractivity contribution in [1.82, 2.24) is 63.5 Å². The number of allylic oxidation sites excluding steroid dienone is 2. The molecule has 1 aromatic carbocycles. The molecule has 9 aromatic rings. The van der Waals surface area contributed by atoms with E-state index in [1.165, 1.54) is 171 Å². The molecule has 2 saturated heterocycles. The maximum Gasteiger partial charge on any atom is 0.278 e. The van der Waals surface area contributed by atoms with Gasteiger partial charge < -0.3 is 30.4 Å². The molecule has 0 amide bonds. The Hall–Kier alpha value is -7.53. The topological polar surface area (TPSA) is 236 Å². The minimum absolute atomic E-state index is 0.0527. The third-order valence-corrected chi connectivity index (χ3v) is 16.3. The first-order valence-electron chi connectivity index (χ1n) is 28.2. The SMILES string of the molecule is C=CCn1c(=O)c2cnc(Nc3ccc(N4CCC5(CCN(C)CC5)CC4)cc3)nc2n1-c1ccc(F)c(C(C)(C)O)n1.C=CCn1c(=O)c2cnc(SC)nc2n1-c1ccc(F)c(C(C)(C)O)n1.CC(C)(O)c1nc(Br)ccc1F.Fc1ccc(Br)nc1. The third kappa shape index (κ3) is 16.1. The zero-order valence-corrected chi connectivity index (χ0v) is 54.4. The molecule has 470 valence electrons. The summed E-state index contributed by atoms with van der Waals surface area (Å²) < 4.78 is 60.7. The number of nitrogens with one attached hydrogen (secondary N) is 1. The van der Waals surface area contributed by atoms with Crippen LogP contribution in [0, 0.1) is 28.7 Å². The summed E-state index contributed by atoms with van der Waals surface area (Å²) in [5, 5.41) is 34.5. The van der Waals surface area contributed by atoms with E-state index in [9.17, 15) is 42.5 Å². The lowest BCUT2D eigenvalue weighted by Crippen LogP contribution is -2.46. The molecule has 2 fully saturated rings. The second-order valence-corrected chi connectivity index (χ2v) is 25.3. The molecule has 1 spiro atoms. The predicted molar refractivity (Wildman–Crippen MR) is 344 cm³/mol. The highest BCUT2D eigenvalue weighted by Crippen LogP contribution is 2.42. The van der Waals surface area contributed by atoms with Crippen LogP contribution >= 0.6 is 43.6 Å². The minimum Gasteiger partial charge on any atom is -0.384 e. The first kappa shape index (κ1) is 67.4. The van der Waals surface area contributed by atoms with E-state index < -0.39 is 34.3 Å². The summed E-state index contributed by atoms with van der Waals surface area (Å²) in [6.07, 6.45) is 14.2. The Bertz CT molecular complexity index is 4090. The van der Waals surface area contributed by atoms with Crippen LogP contribution in [0.15, 0.2) is 141 Å². The number of fused-ring (bicyclic) bond motifs is 2. The van der Waals surface area contributed by atoms with Crippen molar-refractivity contribution in [2.24, 2.45) is 5.41 Å². The molecule has 0 aliphatic carbocycles. The quantitative estimate of drug-likeness (QED) is 0.0276. The second kappa shape index (κ2) is 28.1. The number of aliphatic hydroxyl groups is 3.